The predicted molar refractivity (Wildman–Crippen MR) is 57.8 cm³/mol. The fourth-order valence-electron chi connectivity index (χ4n) is 1.53. The quantitative estimate of drug-likeness (QED) is 0.790. The van der Waals surface area contributed by atoms with E-state index in [0.29, 0.717) is 6.42 Å². The maximum absolute atomic E-state index is 10.6. The fourth-order valence-corrected chi connectivity index (χ4v) is 1.53. The van der Waals surface area contributed by atoms with Crippen LogP contribution in [-0.4, -0.2) is 21.8 Å². The van der Waals surface area contributed by atoms with Crippen LogP contribution in [0.4, 0.5) is 0 Å². The van der Waals surface area contributed by atoms with Crippen LogP contribution < -0.4 is 0 Å². The summed E-state index contributed by atoms with van der Waals surface area (Å²) in [5, 5.41) is 18.4. The first-order valence-electron chi connectivity index (χ1n) is 4.89. The van der Waals surface area contributed by atoms with Gasteiger partial charge in [0.25, 0.3) is 0 Å². The van der Waals surface area contributed by atoms with E-state index in [-0.39, 0.29) is 6.42 Å². The molecule has 0 radical (unpaired) electrons. The first kappa shape index (κ1) is 11.7. The highest BCUT2D eigenvalue weighted by Gasteiger charge is 2.16. The van der Waals surface area contributed by atoms with Gasteiger partial charge in [0.1, 0.15) is 0 Å². The Morgan fingerprint density at radius 2 is 1.80 bits per heavy atom. The van der Waals surface area contributed by atoms with Crippen LogP contribution in [0.15, 0.2) is 24.3 Å². The van der Waals surface area contributed by atoms with Crippen LogP contribution in [0.3, 0.4) is 0 Å². The average Bonchev–Trinajstić information content (AvgIpc) is 2.05. The maximum atomic E-state index is 10.6. The summed E-state index contributed by atoms with van der Waals surface area (Å²) >= 11 is 0. The Hall–Kier alpha value is -1.35. The highest BCUT2D eigenvalue weighted by molar-refractivity contribution is 5.70. The predicted octanol–water partition coefficient (Wildman–Crippen LogP) is 1.63. The lowest BCUT2D eigenvalue weighted by Crippen LogP contribution is -2.23. The average molecular weight is 208 g/mol. The number of rotatable bonds is 4. The second-order valence-electron chi connectivity index (χ2n) is 4.33. The first-order chi connectivity index (χ1) is 6.88. The minimum absolute atomic E-state index is 0.00620. The van der Waals surface area contributed by atoms with Crippen LogP contribution in [0.25, 0.3) is 0 Å². The first-order valence-corrected chi connectivity index (χ1v) is 4.89. The molecule has 0 bridgehead atoms. The van der Waals surface area contributed by atoms with Crippen LogP contribution in [-0.2, 0) is 17.6 Å². The zero-order chi connectivity index (χ0) is 11.5. The fraction of sp³-hybridized carbons (Fsp3) is 0.417. The topological polar surface area (TPSA) is 57.5 Å². The summed E-state index contributed by atoms with van der Waals surface area (Å²) in [6.07, 6.45) is 0.475. The molecule has 0 aromatic heterocycles. The molecule has 0 heterocycles. The summed E-state index contributed by atoms with van der Waals surface area (Å²) < 4.78 is 0. The summed E-state index contributed by atoms with van der Waals surface area (Å²) in [6, 6.07) is 7.31. The van der Waals surface area contributed by atoms with Gasteiger partial charge in [-0.1, -0.05) is 24.3 Å². The molecule has 0 aliphatic rings. The monoisotopic (exact) mass is 208 g/mol. The van der Waals surface area contributed by atoms with Gasteiger partial charge in [-0.05, 0) is 25.0 Å². The van der Waals surface area contributed by atoms with Crippen molar-refractivity contribution in [1.29, 1.82) is 0 Å². The summed E-state index contributed by atoms with van der Waals surface area (Å²) in [6.45, 7) is 3.43. The molecular formula is C12H16O3. The Kier molecular flexibility index (Phi) is 3.48. The molecule has 0 spiro atoms. The van der Waals surface area contributed by atoms with Crippen molar-refractivity contribution < 1.29 is 15.0 Å². The third kappa shape index (κ3) is 4.13. The van der Waals surface area contributed by atoms with E-state index in [2.05, 4.69) is 0 Å². The van der Waals surface area contributed by atoms with Gasteiger partial charge < -0.3 is 10.2 Å². The van der Waals surface area contributed by atoms with Crippen LogP contribution in [0, 0.1) is 0 Å². The molecule has 82 valence electrons. The van der Waals surface area contributed by atoms with Gasteiger partial charge in [-0.3, -0.25) is 4.79 Å². The molecule has 15 heavy (non-hydrogen) atoms. The van der Waals surface area contributed by atoms with Crippen LogP contribution in [0.2, 0.25) is 0 Å². The van der Waals surface area contributed by atoms with Gasteiger partial charge >= 0.3 is 5.97 Å². The van der Waals surface area contributed by atoms with Gasteiger partial charge in [0.15, 0.2) is 0 Å². The van der Waals surface area contributed by atoms with Crippen molar-refractivity contribution in [3.63, 3.8) is 0 Å². The number of benzene rings is 1. The molecule has 1 aromatic rings. The minimum Gasteiger partial charge on any atom is -0.481 e. The second kappa shape index (κ2) is 4.45. The zero-order valence-electron chi connectivity index (χ0n) is 9.03. The summed E-state index contributed by atoms with van der Waals surface area (Å²) in [5.74, 6) is -0.849. The molecule has 0 unspecified atom stereocenters. The van der Waals surface area contributed by atoms with Crippen molar-refractivity contribution in [2.75, 3.05) is 0 Å². The highest BCUT2D eigenvalue weighted by Crippen LogP contribution is 2.17. The molecule has 3 nitrogen and oxygen atoms in total. The van der Waals surface area contributed by atoms with Crippen molar-refractivity contribution in [2.24, 2.45) is 0 Å². The van der Waals surface area contributed by atoms with Gasteiger partial charge in [0, 0.05) is 6.42 Å². The van der Waals surface area contributed by atoms with E-state index in [1.165, 1.54) is 0 Å². The Bertz CT molecular complexity index is 350. The van der Waals surface area contributed by atoms with E-state index in [4.69, 9.17) is 5.11 Å². The van der Waals surface area contributed by atoms with E-state index in [1.807, 2.05) is 18.2 Å². The Morgan fingerprint density at radius 1 is 1.27 bits per heavy atom. The Labute approximate surface area is 89.4 Å². The van der Waals surface area contributed by atoms with Gasteiger partial charge in [0.05, 0.1) is 12.0 Å². The SMILES string of the molecule is CC(C)(O)Cc1ccccc1CC(=O)O. The normalized spacial score (nSPS) is 11.4. The van der Waals surface area contributed by atoms with Crippen LogP contribution >= 0.6 is 0 Å². The molecular weight excluding hydrogens is 192 g/mol. The van der Waals surface area contributed by atoms with Crippen molar-refractivity contribution in [1.82, 2.24) is 0 Å². The molecule has 1 rings (SSSR count). The van der Waals surface area contributed by atoms with Crippen molar-refractivity contribution in [3.8, 4) is 0 Å². The molecule has 3 heteroatoms. The van der Waals surface area contributed by atoms with E-state index in [0.717, 1.165) is 11.1 Å². The van der Waals surface area contributed by atoms with Gasteiger partial charge in [0.2, 0.25) is 0 Å². The van der Waals surface area contributed by atoms with Crippen molar-refractivity contribution >= 4 is 5.97 Å². The molecule has 0 saturated carbocycles. The molecule has 1 aromatic carbocycles. The minimum atomic E-state index is -0.849. The summed E-state index contributed by atoms with van der Waals surface area (Å²) in [4.78, 5) is 10.6. The third-order valence-electron chi connectivity index (χ3n) is 2.08. The largest absolute Gasteiger partial charge is 0.481 e. The van der Waals surface area contributed by atoms with E-state index < -0.39 is 11.6 Å². The lowest BCUT2D eigenvalue weighted by Gasteiger charge is -2.18. The molecule has 0 amide bonds. The molecule has 0 atom stereocenters. The smallest absolute Gasteiger partial charge is 0.307 e. The second-order valence-corrected chi connectivity index (χ2v) is 4.33. The van der Waals surface area contributed by atoms with Gasteiger partial charge in [-0.15, -0.1) is 0 Å². The van der Waals surface area contributed by atoms with Crippen LogP contribution in [0.1, 0.15) is 25.0 Å². The van der Waals surface area contributed by atoms with Crippen LogP contribution in [0.5, 0.6) is 0 Å². The van der Waals surface area contributed by atoms with E-state index in [9.17, 15) is 9.90 Å². The number of aliphatic hydroxyl groups is 1. The lowest BCUT2D eigenvalue weighted by atomic mass is 9.94. The highest BCUT2D eigenvalue weighted by atomic mass is 16.4. The third-order valence-corrected chi connectivity index (χ3v) is 2.08. The summed E-state index contributed by atoms with van der Waals surface area (Å²) in [7, 11) is 0. The number of aliphatic carboxylic acids is 1. The number of carboxylic acids is 1. The molecule has 0 aliphatic carbocycles. The molecule has 0 saturated heterocycles. The lowest BCUT2D eigenvalue weighted by molar-refractivity contribution is -0.136. The molecule has 0 aliphatic heterocycles. The number of carboxylic acid groups (broad SMARTS) is 1. The van der Waals surface area contributed by atoms with Crippen molar-refractivity contribution in [2.45, 2.75) is 32.3 Å². The Morgan fingerprint density at radius 3 is 2.27 bits per heavy atom. The molecule has 2 N–H and O–H groups in total. The van der Waals surface area contributed by atoms with E-state index >= 15 is 0 Å². The van der Waals surface area contributed by atoms with Crippen molar-refractivity contribution in [3.05, 3.63) is 35.4 Å². The van der Waals surface area contributed by atoms with Gasteiger partial charge in [-0.2, -0.15) is 0 Å². The Balaban J connectivity index is 2.91. The number of carbonyl (C=O) groups is 1. The number of hydrogen-bond acceptors (Lipinski definition) is 2. The standard InChI is InChI=1S/C12H16O3/c1-12(2,15)8-10-6-4-3-5-9(10)7-11(13)14/h3-6,15H,7-8H2,1-2H3,(H,13,14). The summed E-state index contributed by atoms with van der Waals surface area (Å²) in [5.41, 5.74) is 0.855. The van der Waals surface area contributed by atoms with Gasteiger partial charge in [-0.25, -0.2) is 0 Å². The molecule has 0 fully saturated rings. The zero-order valence-corrected chi connectivity index (χ0v) is 9.03. The van der Waals surface area contributed by atoms with E-state index in [1.54, 1.807) is 19.9 Å². The number of hydrogen-bond donors (Lipinski definition) is 2. The maximum Gasteiger partial charge on any atom is 0.307 e.